The molecule has 0 radical (unpaired) electrons. The first-order valence-electron chi connectivity index (χ1n) is 9.72. The van der Waals surface area contributed by atoms with Crippen LogP contribution in [0.5, 0.6) is 0 Å². The number of nitrogens with one attached hydrogen (secondary N) is 1. The first-order valence-corrected chi connectivity index (χ1v) is 10.9. The lowest BCUT2D eigenvalue weighted by atomic mass is 9.93. The van der Waals surface area contributed by atoms with Crippen LogP contribution in [0.25, 0.3) is 21.6 Å². The molecule has 3 aromatic carbocycles. The Morgan fingerprint density at radius 1 is 0.788 bits per heavy atom. The number of halogens is 4. The van der Waals surface area contributed by atoms with Crippen molar-refractivity contribution in [2.24, 2.45) is 0 Å². The highest BCUT2D eigenvalue weighted by Gasteiger charge is 2.40. The molecule has 0 spiro atoms. The maximum atomic E-state index is 13.6. The zero-order chi connectivity index (χ0) is 23.6. The fourth-order valence-corrected chi connectivity index (χ4v) is 4.68. The minimum atomic E-state index is -5.11. The number of rotatable bonds is 5. The Morgan fingerprint density at radius 2 is 1.33 bits per heavy atom. The van der Waals surface area contributed by atoms with Crippen LogP contribution in [0, 0.1) is 0 Å². The van der Waals surface area contributed by atoms with E-state index in [9.17, 15) is 22.8 Å². The van der Waals surface area contributed by atoms with E-state index in [1.165, 1.54) is 24.3 Å². The highest BCUT2D eigenvalue weighted by atomic mass is 35.5. The summed E-state index contributed by atoms with van der Waals surface area (Å²) in [6.45, 7) is 0. The molecule has 0 unspecified atom stereocenters. The Morgan fingerprint density at radius 3 is 1.88 bits per heavy atom. The number of carbonyl (C=O) groups is 2. The average Bonchev–Trinajstić information content (AvgIpc) is 3.18. The number of amides is 1. The van der Waals surface area contributed by atoms with E-state index in [0.29, 0.717) is 26.6 Å². The van der Waals surface area contributed by atoms with Gasteiger partial charge in [-0.1, -0.05) is 72.3 Å². The summed E-state index contributed by atoms with van der Waals surface area (Å²) in [5.74, 6) is -2.67. The van der Waals surface area contributed by atoms with E-state index in [4.69, 9.17) is 11.6 Å². The molecule has 0 aliphatic rings. The minimum absolute atomic E-state index is 0.00928. The molecule has 0 aliphatic heterocycles. The third kappa shape index (κ3) is 4.84. The number of thiophene rings is 1. The molecule has 1 N–H and O–H groups in total. The average molecular weight is 486 g/mol. The molecule has 0 saturated heterocycles. The SMILES string of the molecule is O=C(c1ccc(Cl)cc1)c1c(NC(=O)C(F)(F)F)sc(-c2ccccc2)c1-c1ccccc1. The van der Waals surface area contributed by atoms with Gasteiger partial charge < -0.3 is 5.32 Å². The summed E-state index contributed by atoms with van der Waals surface area (Å²) < 4.78 is 39.2. The van der Waals surface area contributed by atoms with Crippen molar-refractivity contribution < 1.29 is 22.8 Å². The van der Waals surface area contributed by atoms with Gasteiger partial charge in [-0.05, 0) is 35.4 Å². The molecular formula is C25H15ClF3NO2S. The van der Waals surface area contributed by atoms with Crippen molar-refractivity contribution in [1.29, 1.82) is 0 Å². The summed E-state index contributed by atoms with van der Waals surface area (Å²) >= 11 is 6.86. The van der Waals surface area contributed by atoms with E-state index in [-0.39, 0.29) is 16.1 Å². The number of ketones is 1. The molecule has 4 aromatic rings. The van der Waals surface area contributed by atoms with Crippen LogP contribution >= 0.6 is 22.9 Å². The van der Waals surface area contributed by atoms with Gasteiger partial charge in [0.05, 0.1) is 5.56 Å². The third-order valence-corrected chi connectivity index (χ3v) is 6.23. The van der Waals surface area contributed by atoms with Gasteiger partial charge in [0, 0.05) is 21.0 Å². The summed E-state index contributed by atoms with van der Waals surface area (Å²) in [4.78, 5) is 26.0. The van der Waals surface area contributed by atoms with Crippen LogP contribution in [0.3, 0.4) is 0 Å². The van der Waals surface area contributed by atoms with E-state index >= 15 is 0 Å². The Bertz CT molecular complexity index is 1300. The van der Waals surface area contributed by atoms with E-state index < -0.39 is 17.9 Å². The summed E-state index contributed by atoms with van der Waals surface area (Å²) in [5.41, 5.74) is 2.02. The van der Waals surface area contributed by atoms with E-state index in [0.717, 1.165) is 11.3 Å². The normalized spacial score (nSPS) is 11.3. The first-order chi connectivity index (χ1) is 15.8. The lowest BCUT2D eigenvalue weighted by Gasteiger charge is -2.11. The van der Waals surface area contributed by atoms with Crippen molar-refractivity contribution in [1.82, 2.24) is 0 Å². The van der Waals surface area contributed by atoms with Gasteiger partial charge >= 0.3 is 12.1 Å². The fourth-order valence-electron chi connectivity index (χ4n) is 3.33. The molecule has 0 atom stereocenters. The minimum Gasteiger partial charge on any atom is -0.309 e. The molecule has 3 nitrogen and oxygen atoms in total. The summed E-state index contributed by atoms with van der Waals surface area (Å²) in [7, 11) is 0. The number of hydrogen-bond acceptors (Lipinski definition) is 3. The summed E-state index contributed by atoms with van der Waals surface area (Å²) in [5, 5.41) is 2.16. The Labute approximate surface area is 196 Å². The van der Waals surface area contributed by atoms with Gasteiger partial charge in [0.2, 0.25) is 0 Å². The zero-order valence-corrected chi connectivity index (χ0v) is 18.4. The van der Waals surface area contributed by atoms with Gasteiger partial charge in [-0.15, -0.1) is 11.3 Å². The Kier molecular flexibility index (Phi) is 6.35. The molecule has 4 rings (SSSR count). The molecule has 33 heavy (non-hydrogen) atoms. The van der Waals surface area contributed by atoms with Crippen molar-refractivity contribution in [2.45, 2.75) is 6.18 Å². The third-order valence-electron chi connectivity index (χ3n) is 4.82. The van der Waals surface area contributed by atoms with Crippen LogP contribution in [0.15, 0.2) is 84.9 Å². The van der Waals surface area contributed by atoms with Crippen LogP contribution in [-0.4, -0.2) is 17.9 Å². The van der Waals surface area contributed by atoms with E-state index in [1.807, 2.05) is 11.4 Å². The molecule has 166 valence electrons. The van der Waals surface area contributed by atoms with Crippen molar-refractivity contribution in [3.8, 4) is 21.6 Å². The standard InChI is InChI=1S/C25H15ClF3NO2S/c26-18-13-11-16(12-14-18)21(31)20-19(15-7-3-1-4-8-15)22(17-9-5-2-6-10-17)33-23(20)30-24(32)25(27,28)29/h1-14H,(H,30,32). The van der Waals surface area contributed by atoms with Crippen molar-refractivity contribution in [2.75, 3.05) is 5.32 Å². The lowest BCUT2D eigenvalue weighted by Crippen LogP contribution is -2.30. The second-order valence-corrected chi connectivity index (χ2v) is 8.49. The molecule has 0 saturated carbocycles. The molecule has 1 amide bonds. The van der Waals surface area contributed by atoms with Gasteiger partial charge in [0.15, 0.2) is 5.78 Å². The largest absolute Gasteiger partial charge is 0.471 e. The van der Waals surface area contributed by atoms with Crippen LogP contribution in [-0.2, 0) is 4.79 Å². The fraction of sp³-hybridized carbons (Fsp3) is 0.0400. The van der Waals surface area contributed by atoms with Crippen LogP contribution in [0.2, 0.25) is 5.02 Å². The van der Waals surface area contributed by atoms with Gasteiger partial charge in [-0.25, -0.2) is 0 Å². The zero-order valence-electron chi connectivity index (χ0n) is 16.8. The maximum absolute atomic E-state index is 13.6. The van der Waals surface area contributed by atoms with Gasteiger partial charge in [-0.2, -0.15) is 13.2 Å². The van der Waals surface area contributed by atoms with E-state index in [1.54, 1.807) is 54.6 Å². The van der Waals surface area contributed by atoms with Crippen molar-refractivity contribution in [3.05, 3.63) is 101 Å². The van der Waals surface area contributed by atoms with Crippen molar-refractivity contribution >= 4 is 39.6 Å². The molecule has 1 heterocycles. The van der Waals surface area contributed by atoms with Crippen LogP contribution in [0.1, 0.15) is 15.9 Å². The quantitative estimate of drug-likeness (QED) is 0.298. The monoisotopic (exact) mass is 485 g/mol. The second kappa shape index (κ2) is 9.21. The molecular weight excluding hydrogens is 471 g/mol. The molecule has 0 bridgehead atoms. The Balaban J connectivity index is 1.99. The number of anilines is 1. The van der Waals surface area contributed by atoms with Crippen LogP contribution < -0.4 is 5.32 Å². The predicted octanol–water partition coefficient (Wildman–Crippen LogP) is 7.47. The number of hydrogen-bond donors (Lipinski definition) is 1. The first kappa shape index (κ1) is 22.8. The number of benzene rings is 3. The molecule has 0 fully saturated rings. The number of carbonyl (C=O) groups excluding carboxylic acids is 2. The maximum Gasteiger partial charge on any atom is 0.471 e. The molecule has 1 aromatic heterocycles. The van der Waals surface area contributed by atoms with Gasteiger partial charge in [-0.3, -0.25) is 9.59 Å². The van der Waals surface area contributed by atoms with Gasteiger partial charge in [0.25, 0.3) is 0 Å². The predicted molar refractivity (Wildman–Crippen MR) is 125 cm³/mol. The highest BCUT2D eigenvalue weighted by molar-refractivity contribution is 7.20. The Hall–Kier alpha value is -3.42. The molecule has 8 heteroatoms. The van der Waals surface area contributed by atoms with Gasteiger partial charge in [0.1, 0.15) is 5.00 Å². The lowest BCUT2D eigenvalue weighted by molar-refractivity contribution is -0.167. The highest BCUT2D eigenvalue weighted by Crippen LogP contribution is 2.47. The molecule has 0 aliphatic carbocycles. The van der Waals surface area contributed by atoms with E-state index in [2.05, 4.69) is 0 Å². The van der Waals surface area contributed by atoms with Crippen LogP contribution in [0.4, 0.5) is 18.2 Å². The smallest absolute Gasteiger partial charge is 0.309 e. The topological polar surface area (TPSA) is 46.2 Å². The summed E-state index contributed by atoms with van der Waals surface area (Å²) in [6.07, 6.45) is -5.11. The number of alkyl halides is 3. The second-order valence-electron chi connectivity index (χ2n) is 7.03. The summed E-state index contributed by atoms with van der Waals surface area (Å²) in [6, 6.07) is 23.9. The van der Waals surface area contributed by atoms with Crippen molar-refractivity contribution in [3.63, 3.8) is 0 Å².